The zero-order chi connectivity index (χ0) is 18.1. The maximum atomic E-state index is 13.7. The third-order valence-corrected chi connectivity index (χ3v) is 4.37. The number of aromatic nitrogens is 2. The highest BCUT2D eigenvalue weighted by Gasteiger charge is 2.12. The van der Waals surface area contributed by atoms with Crippen molar-refractivity contribution in [1.29, 1.82) is 0 Å². The van der Waals surface area contributed by atoms with E-state index in [-0.39, 0.29) is 5.56 Å². The van der Waals surface area contributed by atoms with Crippen LogP contribution in [0.5, 0.6) is 0 Å². The van der Waals surface area contributed by atoms with E-state index in [4.69, 9.17) is 0 Å². The first kappa shape index (κ1) is 16.0. The molecular formula is C21H16FN3O. The van der Waals surface area contributed by atoms with Gasteiger partial charge in [0.25, 0.3) is 5.91 Å². The second-order valence-electron chi connectivity index (χ2n) is 6.01. The number of hydrogen-bond acceptors (Lipinski definition) is 2. The third-order valence-electron chi connectivity index (χ3n) is 4.37. The number of amides is 1. The quantitative estimate of drug-likeness (QED) is 0.588. The number of para-hydroxylation sites is 1. The molecule has 0 spiro atoms. The van der Waals surface area contributed by atoms with Gasteiger partial charge in [0.05, 0.1) is 11.3 Å². The van der Waals surface area contributed by atoms with Gasteiger partial charge in [0, 0.05) is 29.7 Å². The SMILES string of the molecule is Cn1c(-c2ccc(NC(=O)c3ccccc3F)nc2)cc2ccccc21. The molecule has 5 heteroatoms. The minimum atomic E-state index is -0.558. The fraction of sp³-hybridized carbons (Fsp3) is 0.0476. The van der Waals surface area contributed by atoms with E-state index in [1.807, 2.05) is 25.2 Å². The molecule has 0 bridgehead atoms. The number of fused-ring (bicyclic) bond motifs is 1. The molecule has 0 aliphatic heterocycles. The average molecular weight is 345 g/mol. The van der Waals surface area contributed by atoms with E-state index in [1.54, 1.807) is 24.4 Å². The second kappa shape index (κ2) is 6.44. The predicted octanol–water partition coefficient (Wildman–Crippen LogP) is 4.63. The van der Waals surface area contributed by atoms with Gasteiger partial charge in [0.15, 0.2) is 0 Å². The van der Waals surface area contributed by atoms with E-state index >= 15 is 0 Å². The lowest BCUT2D eigenvalue weighted by molar-refractivity contribution is 0.102. The van der Waals surface area contributed by atoms with Crippen molar-refractivity contribution in [3.8, 4) is 11.3 Å². The standard InChI is InChI=1S/C21H16FN3O/c1-25-18-9-5-2-6-14(18)12-19(25)15-10-11-20(23-13-15)24-21(26)16-7-3-4-8-17(16)22/h2-13H,1H3,(H,23,24,26). The second-order valence-corrected chi connectivity index (χ2v) is 6.01. The number of rotatable bonds is 3. The van der Waals surface area contributed by atoms with Crippen molar-refractivity contribution in [3.63, 3.8) is 0 Å². The van der Waals surface area contributed by atoms with Crippen molar-refractivity contribution in [2.45, 2.75) is 0 Å². The number of carbonyl (C=O) groups excluding carboxylic acids is 1. The van der Waals surface area contributed by atoms with Crippen LogP contribution in [0.3, 0.4) is 0 Å². The Kier molecular flexibility index (Phi) is 3.97. The number of pyridine rings is 1. The first-order chi connectivity index (χ1) is 12.6. The molecule has 2 aromatic carbocycles. The molecule has 0 saturated heterocycles. The van der Waals surface area contributed by atoms with E-state index in [0.29, 0.717) is 5.82 Å². The molecule has 1 N–H and O–H groups in total. The van der Waals surface area contributed by atoms with Crippen LogP contribution in [0.2, 0.25) is 0 Å². The van der Waals surface area contributed by atoms with Gasteiger partial charge < -0.3 is 9.88 Å². The molecule has 0 aliphatic carbocycles. The van der Waals surface area contributed by atoms with Crippen LogP contribution in [0.15, 0.2) is 72.9 Å². The summed E-state index contributed by atoms with van der Waals surface area (Å²) in [6, 6.07) is 19.7. The normalized spacial score (nSPS) is 10.8. The minimum Gasteiger partial charge on any atom is -0.344 e. The number of benzene rings is 2. The van der Waals surface area contributed by atoms with Gasteiger partial charge in [-0.15, -0.1) is 0 Å². The summed E-state index contributed by atoms with van der Waals surface area (Å²) < 4.78 is 15.8. The van der Waals surface area contributed by atoms with Crippen LogP contribution in [0.4, 0.5) is 10.2 Å². The zero-order valence-electron chi connectivity index (χ0n) is 14.1. The molecule has 128 valence electrons. The summed E-state index contributed by atoms with van der Waals surface area (Å²) in [5, 5.41) is 3.78. The number of aryl methyl sites for hydroxylation is 1. The van der Waals surface area contributed by atoms with Gasteiger partial charge in [-0.1, -0.05) is 30.3 Å². The van der Waals surface area contributed by atoms with Crippen LogP contribution in [-0.2, 0) is 7.05 Å². The van der Waals surface area contributed by atoms with Gasteiger partial charge in [-0.05, 0) is 36.4 Å². The Balaban J connectivity index is 1.59. The Morgan fingerprint density at radius 3 is 2.54 bits per heavy atom. The summed E-state index contributed by atoms with van der Waals surface area (Å²) >= 11 is 0. The van der Waals surface area contributed by atoms with Gasteiger partial charge in [0.1, 0.15) is 11.6 Å². The predicted molar refractivity (Wildman–Crippen MR) is 101 cm³/mol. The van der Waals surface area contributed by atoms with Crippen LogP contribution in [-0.4, -0.2) is 15.5 Å². The fourth-order valence-electron chi connectivity index (χ4n) is 3.01. The summed E-state index contributed by atoms with van der Waals surface area (Å²) in [6.07, 6.45) is 1.70. The Bertz CT molecular complexity index is 1100. The van der Waals surface area contributed by atoms with Crippen molar-refractivity contribution >= 4 is 22.6 Å². The molecular weight excluding hydrogens is 329 g/mol. The topological polar surface area (TPSA) is 46.9 Å². The highest BCUT2D eigenvalue weighted by Crippen LogP contribution is 2.27. The monoisotopic (exact) mass is 345 g/mol. The molecule has 2 aromatic heterocycles. The number of carbonyl (C=O) groups is 1. The molecule has 1 amide bonds. The van der Waals surface area contributed by atoms with Crippen LogP contribution in [0.25, 0.3) is 22.2 Å². The van der Waals surface area contributed by atoms with E-state index in [0.717, 1.165) is 22.2 Å². The molecule has 4 nitrogen and oxygen atoms in total. The summed E-state index contributed by atoms with van der Waals surface area (Å²) in [5.74, 6) is -0.703. The van der Waals surface area contributed by atoms with Crippen molar-refractivity contribution in [1.82, 2.24) is 9.55 Å². The third kappa shape index (κ3) is 2.84. The highest BCUT2D eigenvalue weighted by molar-refractivity contribution is 6.04. The Morgan fingerprint density at radius 1 is 1.04 bits per heavy atom. The largest absolute Gasteiger partial charge is 0.344 e. The number of hydrogen-bond donors (Lipinski definition) is 1. The van der Waals surface area contributed by atoms with Crippen LogP contribution >= 0.6 is 0 Å². The number of anilines is 1. The van der Waals surface area contributed by atoms with E-state index in [2.05, 4.69) is 33.1 Å². The van der Waals surface area contributed by atoms with E-state index < -0.39 is 11.7 Å². The summed E-state index contributed by atoms with van der Waals surface area (Å²) in [6.45, 7) is 0. The molecule has 0 fully saturated rings. The van der Waals surface area contributed by atoms with Gasteiger partial charge in [-0.2, -0.15) is 0 Å². The molecule has 0 aliphatic rings. The first-order valence-electron chi connectivity index (χ1n) is 8.20. The fourth-order valence-corrected chi connectivity index (χ4v) is 3.01. The highest BCUT2D eigenvalue weighted by atomic mass is 19.1. The molecule has 0 saturated carbocycles. The lowest BCUT2D eigenvalue weighted by Crippen LogP contribution is -2.14. The molecule has 0 unspecified atom stereocenters. The molecule has 2 heterocycles. The molecule has 26 heavy (non-hydrogen) atoms. The van der Waals surface area contributed by atoms with Crippen LogP contribution in [0.1, 0.15) is 10.4 Å². The lowest BCUT2D eigenvalue weighted by Gasteiger charge is -2.07. The number of halogens is 1. The molecule has 0 radical (unpaired) electrons. The first-order valence-corrected chi connectivity index (χ1v) is 8.20. The Hall–Kier alpha value is -3.47. The van der Waals surface area contributed by atoms with Crippen molar-refractivity contribution in [2.24, 2.45) is 7.05 Å². The van der Waals surface area contributed by atoms with Crippen molar-refractivity contribution in [3.05, 3.63) is 84.3 Å². The zero-order valence-corrected chi connectivity index (χ0v) is 14.1. The van der Waals surface area contributed by atoms with Gasteiger partial charge in [0.2, 0.25) is 0 Å². The van der Waals surface area contributed by atoms with Crippen LogP contribution < -0.4 is 5.32 Å². The average Bonchev–Trinajstić information content (AvgIpc) is 3.00. The van der Waals surface area contributed by atoms with Gasteiger partial charge >= 0.3 is 0 Å². The summed E-state index contributed by atoms with van der Waals surface area (Å²) in [7, 11) is 2.01. The van der Waals surface area contributed by atoms with Crippen molar-refractivity contribution < 1.29 is 9.18 Å². The summed E-state index contributed by atoms with van der Waals surface area (Å²) in [5.41, 5.74) is 3.10. The smallest absolute Gasteiger partial charge is 0.259 e. The van der Waals surface area contributed by atoms with Crippen molar-refractivity contribution in [2.75, 3.05) is 5.32 Å². The maximum Gasteiger partial charge on any atom is 0.259 e. The van der Waals surface area contributed by atoms with Crippen LogP contribution in [0, 0.1) is 5.82 Å². The Labute approximate surface area is 149 Å². The Morgan fingerprint density at radius 2 is 1.81 bits per heavy atom. The van der Waals surface area contributed by atoms with E-state index in [9.17, 15) is 9.18 Å². The van der Waals surface area contributed by atoms with E-state index in [1.165, 1.54) is 12.1 Å². The molecule has 4 rings (SSSR count). The minimum absolute atomic E-state index is 0.00735. The molecule has 4 aromatic rings. The number of nitrogens with one attached hydrogen (secondary N) is 1. The van der Waals surface area contributed by atoms with Gasteiger partial charge in [-0.3, -0.25) is 4.79 Å². The molecule has 0 atom stereocenters. The van der Waals surface area contributed by atoms with Gasteiger partial charge in [-0.25, -0.2) is 9.37 Å². The number of nitrogens with zero attached hydrogens (tertiary/aromatic N) is 2. The maximum absolute atomic E-state index is 13.7. The lowest BCUT2D eigenvalue weighted by atomic mass is 10.2. The summed E-state index contributed by atoms with van der Waals surface area (Å²) in [4.78, 5) is 16.5.